The van der Waals surface area contributed by atoms with Crippen LogP contribution in [0.3, 0.4) is 0 Å². The van der Waals surface area contributed by atoms with Crippen molar-refractivity contribution in [2.75, 3.05) is 5.73 Å². The van der Waals surface area contributed by atoms with Crippen molar-refractivity contribution >= 4 is 34.3 Å². The summed E-state index contributed by atoms with van der Waals surface area (Å²) in [6.45, 7) is 0. The van der Waals surface area contributed by atoms with Gasteiger partial charge >= 0.3 is 5.97 Å². The Labute approximate surface area is 137 Å². The molecule has 3 N–H and O–H groups in total. The van der Waals surface area contributed by atoms with Crippen LogP contribution < -0.4 is 5.73 Å². The normalized spacial score (nSPS) is 11.2. The minimum atomic E-state index is -1.00. The van der Waals surface area contributed by atoms with Gasteiger partial charge in [0.15, 0.2) is 5.82 Å². The third kappa shape index (κ3) is 2.91. The van der Waals surface area contributed by atoms with Gasteiger partial charge in [-0.1, -0.05) is 24.3 Å². The topological polar surface area (TPSA) is 113 Å². The van der Waals surface area contributed by atoms with Gasteiger partial charge in [0.1, 0.15) is 11.9 Å². The monoisotopic (exact) mass is 316 g/mol. The number of aromatic nitrogens is 2. The van der Waals surface area contributed by atoms with E-state index in [-0.39, 0.29) is 17.0 Å². The number of para-hydroxylation sites is 1. The maximum atomic E-state index is 10.9. The van der Waals surface area contributed by atoms with Crippen molar-refractivity contribution in [3.63, 3.8) is 0 Å². The average Bonchev–Trinajstić information content (AvgIpc) is 2.60. The van der Waals surface area contributed by atoms with Crippen LogP contribution in [0.4, 0.5) is 5.82 Å². The number of carbonyl (C=O) groups is 1. The summed E-state index contributed by atoms with van der Waals surface area (Å²) in [6, 6.07) is 15.5. The van der Waals surface area contributed by atoms with Crippen molar-refractivity contribution in [2.24, 2.45) is 0 Å². The summed E-state index contributed by atoms with van der Waals surface area (Å²) in [7, 11) is 0. The third-order valence-electron chi connectivity index (χ3n) is 3.46. The summed E-state index contributed by atoms with van der Waals surface area (Å²) in [5.41, 5.74) is 7.69. The molecule has 0 amide bonds. The molecular weight excluding hydrogens is 304 g/mol. The summed E-state index contributed by atoms with van der Waals surface area (Å²) in [5.74, 6) is -0.467. The van der Waals surface area contributed by atoms with Crippen LogP contribution in [0.1, 0.15) is 21.7 Å². The van der Waals surface area contributed by atoms with E-state index in [0.717, 1.165) is 5.39 Å². The van der Waals surface area contributed by atoms with Gasteiger partial charge in [-0.3, -0.25) is 0 Å². The predicted molar refractivity (Wildman–Crippen MR) is 90.8 cm³/mol. The molecule has 0 atom stereocenters. The first-order valence-electron chi connectivity index (χ1n) is 7.06. The number of nitrogens with two attached hydrogens (primary N) is 1. The average molecular weight is 316 g/mol. The Hall–Kier alpha value is -3.72. The van der Waals surface area contributed by atoms with Gasteiger partial charge in [0, 0.05) is 5.39 Å². The highest BCUT2D eigenvalue weighted by Crippen LogP contribution is 2.21. The van der Waals surface area contributed by atoms with E-state index in [2.05, 4.69) is 16.0 Å². The van der Waals surface area contributed by atoms with E-state index in [9.17, 15) is 10.1 Å². The second kappa shape index (κ2) is 6.18. The van der Waals surface area contributed by atoms with Gasteiger partial charge < -0.3 is 10.8 Å². The van der Waals surface area contributed by atoms with Crippen LogP contribution in [0, 0.1) is 11.3 Å². The lowest BCUT2D eigenvalue weighted by molar-refractivity contribution is 0.0697. The van der Waals surface area contributed by atoms with E-state index in [1.165, 1.54) is 12.1 Å². The van der Waals surface area contributed by atoms with Gasteiger partial charge in [-0.05, 0) is 35.9 Å². The van der Waals surface area contributed by atoms with E-state index < -0.39 is 5.97 Å². The predicted octanol–water partition coefficient (Wildman–Crippen LogP) is 2.97. The largest absolute Gasteiger partial charge is 0.478 e. The number of benzene rings is 2. The number of nitrogen functional groups attached to an aromatic ring is 1. The highest BCUT2D eigenvalue weighted by Gasteiger charge is 2.10. The summed E-state index contributed by atoms with van der Waals surface area (Å²) in [6.07, 6.45) is 1.59. The minimum Gasteiger partial charge on any atom is -0.478 e. The standard InChI is InChI=1S/C18H12N4O2/c19-10-13(9-11-5-7-12(8-6-11)18(23)24)17-21-15-4-2-1-3-14(15)16(20)22-17/h1-9H,(H,23,24)(H2,20,21,22)/b13-9+. The number of anilines is 1. The molecule has 2 aromatic carbocycles. The van der Waals surface area contributed by atoms with Crippen LogP contribution in [-0.2, 0) is 0 Å². The van der Waals surface area contributed by atoms with Gasteiger partial charge in [-0.25, -0.2) is 14.8 Å². The fourth-order valence-electron chi connectivity index (χ4n) is 2.26. The van der Waals surface area contributed by atoms with Crippen molar-refractivity contribution < 1.29 is 9.90 Å². The number of fused-ring (bicyclic) bond motifs is 1. The molecule has 116 valence electrons. The Morgan fingerprint density at radius 1 is 1.12 bits per heavy atom. The van der Waals surface area contributed by atoms with Crippen LogP contribution >= 0.6 is 0 Å². The number of carboxylic acid groups (broad SMARTS) is 1. The lowest BCUT2D eigenvalue weighted by atomic mass is 10.1. The first kappa shape index (κ1) is 15.2. The quantitative estimate of drug-likeness (QED) is 0.718. The van der Waals surface area contributed by atoms with E-state index in [4.69, 9.17) is 10.8 Å². The third-order valence-corrected chi connectivity index (χ3v) is 3.46. The zero-order valence-corrected chi connectivity index (χ0v) is 12.5. The number of nitriles is 1. The van der Waals surface area contributed by atoms with Gasteiger partial charge in [0.25, 0.3) is 0 Å². The second-order valence-electron chi connectivity index (χ2n) is 5.05. The van der Waals surface area contributed by atoms with Crippen molar-refractivity contribution in [3.05, 3.63) is 65.5 Å². The molecule has 0 fully saturated rings. The summed E-state index contributed by atoms with van der Waals surface area (Å²) in [4.78, 5) is 19.4. The number of carboxylic acids is 1. The molecule has 0 aliphatic heterocycles. The van der Waals surface area contributed by atoms with Gasteiger partial charge in [0.2, 0.25) is 0 Å². The summed E-state index contributed by atoms with van der Waals surface area (Å²) in [5, 5.41) is 19.1. The maximum absolute atomic E-state index is 10.9. The van der Waals surface area contributed by atoms with E-state index in [0.29, 0.717) is 16.9 Å². The van der Waals surface area contributed by atoms with Gasteiger partial charge in [0.05, 0.1) is 16.7 Å². The zero-order chi connectivity index (χ0) is 17.1. The van der Waals surface area contributed by atoms with E-state index in [1.807, 2.05) is 18.2 Å². The number of rotatable bonds is 3. The van der Waals surface area contributed by atoms with Crippen LogP contribution in [0.15, 0.2) is 48.5 Å². The maximum Gasteiger partial charge on any atom is 0.335 e. The molecule has 1 aromatic heterocycles. The molecule has 0 bridgehead atoms. The van der Waals surface area contributed by atoms with Crippen molar-refractivity contribution in [1.82, 2.24) is 9.97 Å². The first-order valence-corrected chi connectivity index (χ1v) is 7.06. The molecule has 1 heterocycles. The highest BCUT2D eigenvalue weighted by atomic mass is 16.4. The Morgan fingerprint density at radius 2 is 1.83 bits per heavy atom. The molecule has 6 heteroatoms. The lowest BCUT2D eigenvalue weighted by Gasteiger charge is -2.04. The molecule has 0 aliphatic carbocycles. The van der Waals surface area contributed by atoms with Crippen molar-refractivity contribution in [1.29, 1.82) is 5.26 Å². The van der Waals surface area contributed by atoms with Gasteiger partial charge in [-0.15, -0.1) is 0 Å². The smallest absolute Gasteiger partial charge is 0.335 e. The molecule has 6 nitrogen and oxygen atoms in total. The Kier molecular flexibility index (Phi) is 3.91. The fraction of sp³-hybridized carbons (Fsp3) is 0. The molecule has 24 heavy (non-hydrogen) atoms. The molecular formula is C18H12N4O2. The molecule has 0 unspecified atom stereocenters. The summed E-state index contributed by atoms with van der Waals surface area (Å²) >= 11 is 0. The van der Waals surface area contributed by atoms with Crippen LogP contribution in [0.25, 0.3) is 22.6 Å². The molecule has 0 aliphatic rings. The number of allylic oxidation sites excluding steroid dienone is 1. The summed E-state index contributed by atoms with van der Waals surface area (Å²) < 4.78 is 0. The minimum absolute atomic E-state index is 0.178. The molecule has 0 saturated heterocycles. The number of aromatic carboxylic acids is 1. The number of hydrogen-bond donors (Lipinski definition) is 2. The van der Waals surface area contributed by atoms with E-state index >= 15 is 0 Å². The molecule has 0 saturated carbocycles. The first-order chi connectivity index (χ1) is 11.6. The Bertz CT molecular complexity index is 1000. The zero-order valence-electron chi connectivity index (χ0n) is 12.5. The molecule has 3 aromatic rings. The molecule has 0 radical (unpaired) electrons. The molecule has 3 rings (SSSR count). The number of nitrogens with zero attached hydrogens (tertiary/aromatic N) is 3. The Morgan fingerprint density at radius 3 is 2.50 bits per heavy atom. The fourth-order valence-corrected chi connectivity index (χ4v) is 2.26. The van der Waals surface area contributed by atoms with Gasteiger partial charge in [-0.2, -0.15) is 5.26 Å². The van der Waals surface area contributed by atoms with E-state index in [1.54, 1.807) is 24.3 Å². The molecule has 0 spiro atoms. The lowest BCUT2D eigenvalue weighted by Crippen LogP contribution is -2.00. The Balaban J connectivity index is 2.05. The number of hydrogen-bond acceptors (Lipinski definition) is 5. The highest BCUT2D eigenvalue weighted by molar-refractivity contribution is 5.93. The van der Waals surface area contributed by atoms with Crippen LogP contribution in [0.2, 0.25) is 0 Å². The van der Waals surface area contributed by atoms with Crippen molar-refractivity contribution in [2.45, 2.75) is 0 Å². The SMILES string of the molecule is N#C/C(=C\c1ccc(C(=O)O)cc1)c1nc(N)c2ccccc2n1. The second-order valence-corrected chi connectivity index (χ2v) is 5.05. The van der Waals surface area contributed by atoms with Crippen molar-refractivity contribution in [3.8, 4) is 6.07 Å². The van der Waals surface area contributed by atoms with Crippen LogP contribution in [0.5, 0.6) is 0 Å². The van der Waals surface area contributed by atoms with Crippen LogP contribution in [-0.4, -0.2) is 21.0 Å².